The molecule has 0 spiro atoms. The highest BCUT2D eigenvalue weighted by atomic mass is 16.5. The lowest BCUT2D eigenvalue weighted by molar-refractivity contribution is -0.141. The van der Waals surface area contributed by atoms with Crippen LogP contribution < -0.4 is 5.32 Å². The standard InChI is InChI=1S/C23H25N3O4/c1-3-29-21(27)14-24-23(28)26-12-6-9-19(26)22-25-18-13-16(10-11-20(18)30-22)17-8-5-4-7-15(17)2/h4-5,7-8,10-11,13,19H,3,6,9,12,14H2,1-2H3,(H,24,28)/t19-/m0/s1. The van der Waals surface area contributed by atoms with E-state index in [9.17, 15) is 9.59 Å². The summed E-state index contributed by atoms with van der Waals surface area (Å²) in [6.07, 6.45) is 1.62. The average molecular weight is 407 g/mol. The molecule has 0 aliphatic carbocycles. The number of hydrogen-bond donors (Lipinski definition) is 1. The quantitative estimate of drug-likeness (QED) is 0.641. The molecule has 1 atom stereocenters. The number of aryl methyl sites for hydroxylation is 1. The molecule has 4 rings (SSSR count). The van der Waals surface area contributed by atoms with E-state index in [-0.39, 0.29) is 25.2 Å². The first-order valence-corrected chi connectivity index (χ1v) is 10.2. The first-order chi connectivity index (χ1) is 14.6. The van der Waals surface area contributed by atoms with E-state index in [0.717, 1.165) is 29.5 Å². The number of amides is 2. The second kappa shape index (κ2) is 8.57. The summed E-state index contributed by atoms with van der Waals surface area (Å²) < 4.78 is 10.9. The van der Waals surface area contributed by atoms with Crippen molar-refractivity contribution in [2.24, 2.45) is 0 Å². The lowest BCUT2D eigenvalue weighted by Crippen LogP contribution is -2.42. The van der Waals surface area contributed by atoms with Crippen LogP contribution in [0, 0.1) is 6.92 Å². The van der Waals surface area contributed by atoms with Crippen molar-refractivity contribution in [2.75, 3.05) is 19.7 Å². The van der Waals surface area contributed by atoms with Gasteiger partial charge < -0.3 is 19.4 Å². The number of nitrogens with one attached hydrogen (secondary N) is 1. The zero-order chi connectivity index (χ0) is 21.1. The molecule has 1 fully saturated rings. The van der Waals surface area contributed by atoms with Crippen LogP contribution in [0.3, 0.4) is 0 Å². The zero-order valence-corrected chi connectivity index (χ0v) is 17.2. The summed E-state index contributed by atoms with van der Waals surface area (Å²) in [5, 5.41) is 2.62. The number of nitrogens with zero attached hydrogens (tertiary/aromatic N) is 2. The molecule has 7 heteroatoms. The first-order valence-electron chi connectivity index (χ1n) is 10.2. The maximum Gasteiger partial charge on any atom is 0.325 e. The minimum atomic E-state index is -0.452. The normalized spacial score (nSPS) is 16.1. The Bertz CT molecular complexity index is 1080. The third-order valence-corrected chi connectivity index (χ3v) is 5.35. The van der Waals surface area contributed by atoms with Crippen molar-refractivity contribution in [1.82, 2.24) is 15.2 Å². The van der Waals surface area contributed by atoms with Crippen molar-refractivity contribution >= 4 is 23.1 Å². The Kier molecular flexibility index (Phi) is 5.70. The van der Waals surface area contributed by atoms with Gasteiger partial charge in [0.05, 0.1) is 6.61 Å². The number of aromatic nitrogens is 1. The molecule has 1 aliphatic rings. The number of esters is 1. The van der Waals surface area contributed by atoms with E-state index < -0.39 is 5.97 Å². The smallest absolute Gasteiger partial charge is 0.325 e. The van der Waals surface area contributed by atoms with Gasteiger partial charge in [-0.3, -0.25) is 4.79 Å². The second-order valence-electron chi connectivity index (χ2n) is 7.36. The van der Waals surface area contributed by atoms with E-state index >= 15 is 0 Å². The molecule has 7 nitrogen and oxygen atoms in total. The molecule has 156 valence electrons. The molecule has 2 amide bonds. The second-order valence-corrected chi connectivity index (χ2v) is 7.36. The van der Waals surface area contributed by atoms with Gasteiger partial charge in [0.15, 0.2) is 5.58 Å². The number of rotatable bonds is 5. The summed E-state index contributed by atoms with van der Waals surface area (Å²) in [6.45, 7) is 4.54. The van der Waals surface area contributed by atoms with Crippen molar-refractivity contribution in [1.29, 1.82) is 0 Å². The van der Waals surface area contributed by atoms with Gasteiger partial charge in [0.25, 0.3) is 0 Å². The van der Waals surface area contributed by atoms with E-state index in [2.05, 4.69) is 29.4 Å². The molecule has 1 N–H and O–H groups in total. The Morgan fingerprint density at radius 1 is 1.27 bits per heavy atom. The van der Waals surface area contributed by atoms with Gasteiger partial charge in [-0.15, -0.1) is 0 Å². The molecule has 0 unspecified atom stereocenters. The monoisotopic (exact) mass is 407 g/mol. The Morgan fingerprint density at radius 2 is 2.10 bits per heavy atom. The summed E-state index contributed by atoms with van der Waals surface area (Å²) in [6, 6.07) is 13.6. The fraction of sp³-hybridized carbons (Fsp3) is 0.348. The van der Waals surface area contributed by atoms with Crippen LogP contribution in [0.2, 0.25) is 0 Å². The summed E-state index contributed by atoms with van der Waals surface area (Å²) >= 11 is 0. The summed E-state index contributed by atoms with van der Waals surface area (Å²) in [7, 11) is 0. The van der Waals surface area contributed by atoms with Gasteiger partial charge in [0.1, 0.15) is 18.1 Å². The maximum absolute atomic E-state index is 12.6. The van der Waals surface area contributed by atoms with Crippen LogP contribution in [0.15, 0.2) is 46.9 Å². The van der Waals surface area contributed by atoms with Crippen molar-refractivity contribution < 1.29 is 18.7 Å². The van der Waals surface area contributed by atoms with Crippen LogP contribution in [0.25, 0.3) is 22.2 Å². The van der Waals surface area contributed by atoms with Crippen LogP contribution in [0.5, 0.6) is 0 Å². The van der Waals surface area contributed by atoms with Crippen molar-refractivity contribution in [3.8, 4) is 11.1 Å². The lowest BCUT2D eigenvalue weighted by atomic mass is 10.0. The van der Waals surface area contributed by atoms with Crippen LogP contribution in [0.1, 0.15) is 37.3 Å². The number of ether oxygens (including phenoxy) is 1. The van der Waals surface area contributed by atoms with Gasteiger partial charge in [0.2, 0.25) is 5.89 Å². The van der Waals surface area contributed by atoms with Gasteiger partial charge in [-0.1, -0.05) is 30.3 Å². The molecule has 0 radical (unpaired) electrons. The van der Waals surface area contributed by atoms with E-state index in [1.165, 1.54) is 5.56 Å². The highest BCUT2D eigenvalue weighted by Gasteiger charge is 2.33. The highest BCUT2D eigenvalue weighted by molar-refractivity contribution is 5.82. The number of urea groups is 1. The number of oxazole rings is 1. The molecular formula is C23H25N3O4. The van der Waals surface area contributed by atoms with Gasteiger partial charge in [-0.25, -0.2) is 9.78 Å². The van der Waals surface area contributed by atoms with Crippen molar-refractivity contribution in [3.63, 3.8) is 0 Å². The minimum Gasteiger partial charge on any atom is -0.465 e. The van der Waals surface area contributed by atoms with Gasteiger partial charge in [-0.2, -0.15) is 0 Å². The number of carbonyl (C=O) groups is 2. The molecule has 1 saturated heterocycles. The minimum absolute atomic E-state index is 0.150. The molecule has 0 saturated carbocycles. The molecule has 1 aliphatic heterocycles. The van der Waals surface area contributed by atoms with Crippen molar-refractivity contribution in [2.45, 2.75) is 32.7 Å². The highest BCUT2D eigenvalue weighted by Crippen LogP contribution is 2.34. The number of hydrogen-bond acceptors (Lipinski definition) is 5. The maximum atomic E-state index is 12.6. The SMILES string of the molecule is CCOC(=O)CNC(=O)N1CCC[C@H]1c1nc2cc(-c3ccccc3C)ccc2o1. The van der Waals surface area contributed by atoms with Crippen LogP contribution in [-0.4, -0.2) is 41.6 Å². The van der Waals surface area contributed by atoms with E-state index in [1.807, 2.05) is 30.3 Å². The number of carbonyl (C=O) groups excluding carboxylic acids is 2. The predicted molar refractivity (Wildman–Crippen MR) is 113 cm³/mol. The number of benzene rings is 2. The molecule has 2 aromatic carbocycles. The zero-order valence-electron chi connectivity index (χ0n) is 17.2. The molecule has 0 bridgehead atoms. The lowest BCUT2D eigenvalue weighted by Gasteiger charge is -2.22. The van der Waals surface area contributed by atoms with Crippen LogP contribution in [-0.2, 0) is 9.53 Å². The third-order valence-electron chi connectivity index (χ3n) is 5.35. The van der Waals surface area contributed by atoms with E-state index in [1.54, 1.807) is 11.8 Å². The molecule has 2 heterocycles. The molecule has 30 heavy (non-hydrogen) atoms. The van der Waals surface area contributed by atoms with Gasteiger partial charge in [0, 0.05) is 6.54 Å². The van der Waals surface area contributed by atoms with E-state index in [4.69, 9.17) is 9.15 Å². The first kappa shape index (κ1) is 19.9. The molecule has 3 aromatic rings. The Morgan fingerprint density at radius 3 is 2.90 bits per heavy atom. The average Bonchev–Trinajstić information content (AvgIpc) is 3.39. The number of fused-ring (bicyclic) bond motifs is 1. The number of likely N-dealkylation sites (tertiary alicyclic amines) is 1. The van der Waals surface area contributed by atoms with Crippen LogP contribution >= 0.6 is 0 Å². The molecule has 1 aromatic heterocycles. The summed E-state index contributed by atoms with van der Waals surface area (Å²) in [4.78, 5) is 30.4. The van der Waals surface area contributed by atoms with Crippen molar-refractivity contribution in [3.05, 3.63) is 53.9 Å². The van der Waals surface area contributed by atoms with Gasteiger partial charge >= 0.3 is 12.0 Å². The topological polar surface area (TPSA) is 84.7 Å². The fourth-order valence-corrected chi connectivity index (χ4v) is 3.88. The largest absolute Gasteiger partial charge is 0.465 e. The molecular weight excluding hydrogens is 382 g/mol. The van der Waals surface area contributed by atoms with E-state index in [0.29, 0.717) is 18.0 Å². The fourth-order valence-electron chi connectivity index (χ4n) is 3.88. The summed E-state index contributed by atoms with van der Waals surface area (Å²) in [5.74, 6) is 0.0721. The Balaban J connectivity index is 1.54. The summed E-state index contributed by atoms with van der Waals surface area (Å²) in [5.41, 5.74) is 4.90. The predicted octanol–water partition coefficient (Wildman–Crippen LogP) is 4.21. The van der Waals surface area contributed by atoms with Gasteiger partial charge in [-0.05, 0) is 55.5 Å². The third kappa shape index (κ3) is 4.01. The Hall–Kier alpha value is -3.35. The Labute approximate surface area is 175 Å². The van der Waals surface area contributed by atoms with Crippen LogP contribution in [0.4, 0.5) is 4.79 Å².